The van der Waals surface area contributed by atoms with E-state index in [-0.39, 0.29) is 27.7 Å². The highest BCUT2D eigenvalue weighted by atomic mass is 16.3. The summed E-state index contributed by atoms with van der Waals surface area (Å²) in [5.41, 5.74) is 1.83. The molecule has 0 bridgehead atoms. The van der Waals surface area contributed by atoms with Gasteiger partial charge >= 0.3 is 0 Å². The molecule has 0 unspecified atom stereocenters. The SMILES string of the molecule is CC(C)(C)CC(C)(C)c1cc(O)c(O)c(C(C)(C)C)c1. The van der Waals surface area contributed by atoms with Crippen molar-refractivity contribution >= 4 is 0 Å². The van der Waals surface area contributed by atoms with Gasteiger partial charge in [-0.2, -0.15) is 0 Å². The van der Waals surface area contributed by atoms with Crippen molar-refractivity contribution in [3.8, 4) is 11.5 Å². The Morgan fingerprint density at radius 3 is 1.75 bits per heavy atom. The molecule has 0 aliphatic rings. The van der Waals surface area contributed by atoms with Gasteiger partial charge in [-0.05, 0) is 34.3 Å². The molecule has 0 spiro atoms. The average Bonchev–Trinajstić information content (AvgIpc) is 2.16. The molecule has 2 heteroatoms. The summed E-state index contributed by atoms with van der Waals surface area (Å²) in [6.07, 6.45) is 1.01. The normalized spacial score (nSPS) is 13.6. The molecule has 1 rings (SSSR count). The first-order valence-electron chi connectivity index (χ1n) is 7.31. The Labute approximate surface area is 123 Å². The van der Waals surface area contributed by atoms with Crippen LogP contribution in [0.15, 0.2) is 12.1 Å². The Balaban J connectivity index is 3.37. The van der Waals surface area contributed by atoms with Crippen LogP contribution in [0.3, 0.4) is 0 Å². The van der Waals surface area contributed by atoms with E-state index in [1.165, 1.54) is 0 Å². The zero-order chi connectivity index (χ0) is 15.9. The molecule has 0 radical (unpaired) electrons. The fourth-order valence-corrected chi connectivity index (χ4v) is 3.01. The highest BCUT2D eigenvalue weighted by molar-refractivity contribution is 5.51. The second-order valence-electron chi connectivity index (χ2n) is 8.76. The van der Waals surface area contributed by atoms with Gasteiger partial charge < -0.3 is 10.2 Å². The van der Waals surface area contributed by atoms with Gasteiger partial charge in [0.25, 0.3) is 0 Å². The van der Waals surface area contributed by atoms with E-state index in [4.69, 9.17) is 0 Å². The highest BCUT2D eigenvalue weighted by Crippen LogP contribution is 2.43. The van der Waals surface area contributed by atoms with Crippen LogP contribution in [-0.2, 0) is 10.8 Å². The van der Waals surface area contributed by atoms with E-state index < -0.39 is 0 Å². The van der Waals surface area contributed by atoms with Crippen molar-refractivity contribution in [1.29, 1.82) is 0 Å². The van der Waals surface area contributed by atoms with Crippen molar-refractivity contribution in [1.82, 2.24) is 0 Å². The van der Waals surface area contributed by atoms with E-state index >= 15 is 0 Å². The van der Waals surface area contributed by atoms with Crippen LogP contribution in [0.4, 0.5) is 0 Å². The van der Waals surface area contributed by atoms with E-state index in [0.717, 1.165) is 17.5 Å². The molecule has 2 N–H and O–H groups in total. The summed E-state index contributed by atoms with van der Waals surface area (Å²) in [7, 11) is 0. The molecule has 2 nitrogen and oxygen atoms in total. The first kappa shape index (κ1) is 16.9. The maximum absolute atomic E-state index is 10.1. The molecule has 0 fully saturated rings. The van der Waals surface area contributed by atoms with E-state index in [1.807, 2.05) is 26.8 Å². The number of rotatable bonds is 2. The van der Waals surface area contributed by atoms with Crippen LogP contribution in [0.1, 0.15) is 72.9 Å². The maximum atomic E-state index is 10.1. The third-order valence-electron chi connectivity index (χ3n) is 3.65. The second kappa shape index (κ2) is 4.98. The van der Waals surface area contributed by atoms with Crippen molar-refractivity contribution in [2.45, 2.75) is 72.6 Å². The third-order valence-corrected chi connectivity index (χ3v) is 3.65. The summed E-state index contributed by atoms with van der Waals surface area (Å²) in [4.78, 5) is 0. The Kier molecular flexibility index (Phi) is 4.20. The number of aromatic hydroxyl groups is 2. The zero-order valence-corrected chi connectivity index (χ0v) is 14.3. The monoisotopic (exact) mass is 278 g/mol. The smallest absolute Gasteiger partial charge is 0.161 e. The minimum Gasteiger partial charge on any atom is -0.504 e. The molecule has 114 valence electrons. The minimum atomic E-state index is -0.199. The largest absolute Gasteiger partial charge is 0.504 e. The molecule has 1 aromatic rings. The summed E-state index contributed by atoms with van der Waals surface area (Å²) in [5.74, 6) is -0.0118. The third kappa shape index (κ3) is 3.91. The lowest BCUT2D eigenvalue weighted by Gasteiger charge is -2.34. The van der Waals surface area contributed by atoms with Gasteiger partial charge in [-0.25, -0.2) is 0 Å². The van der Waals surface area contributed by atoms with Gasteiger partial charge in [0, 0.05) is 5.56 Å². The first-order valence-corrected chi connectivity index (χ1v) is 7.31. The lowest BCUT2D eigenvalue weighted by atomic mass is 9.71. The average molecular weight is 278 g/mol. The van der Waals surface area contributed by atoms with Crippen LogP contribution in [0, 0.1) is 5.41 Å². The van der Waals surface area contributed by atoms with Crippen molar-refractivity contribution in [2.75, 3.05) is 0 Å². The highest BCUT2D eigenvalue weighted by Gasteiger charge is 2.30. The molecule has 0 amide bonds. The lowest BCUT2D eigenvalue weighted by Crippen LogP contribution is -2.25. The summed E-state index contributed by atoms with van der Waals surface area (Å²) in [6, 6.07) is 3.75. The van der Waals surface area contributed by atoms with Crippen LogP contribution in [0.2, 0.25) is 0 Å². The van der Waals surface area contributed by atoms with Gasteiger partial charge in [-0.1, -0.05) is 61.5 Å². The van der Waals surface area contributed by atoms with E-state index in [0.29, 0.717) is 0 Å². The fraction of sp³-hybridized carbons (Fsp3) is 0.667. The van der Waals surface area contributed by atoms with Crippen LogP contribution in [0.25, 0.3) is 0 Å². The summed E-state index contributed by atoms with van der Waals surface area (Å²) in [5, 5.41) is 20.2. The van der Waals surface area contributed by atoms with Gasteiger partial charge in [-0.15, -0.1) is 0 Å². The topological polar surface area (TPSA) is 40.5 Å². The van der Waals surface area contributed by atoms with Crippen molar-refractivity contribution in [3.63, 3.8) is 0 Å². The predicted molar refractivity (Wildman–Crippen MR) is 85.6 cm³/mol. The summed E-state index contributed by atoms with van der Waals surface area (Å²) in [6.45, 7) is 17.2. The second-order valence-corrected chi connectivity index (χ2v) is 8.76. The van der Waals surface area contributed by atoms with Crippen molar-refractivity contribution in [3.05, 3.63) is 23.3 Å². The first-order chi connectivity index (χ1) is 8.74. The number of phenolic OH excluding ortho intramolecular Hbond substituents is 2. The Morgan fingerprint density at radius 2 is 1.35 bits per heavy atom. The standard InChI is InChI=1S/C18H30O2/c1-16(2,3)11-18(7,8)12-9-13(17(4,5)6)15(20)14(19)10-12/h9-10,19-20H,11H2,1-8H3. The Morgan fingerprint density at radius 1 is 0.850 bits per heavy atom. The number of benzene rings is 1. The fourth-order valence-electron chi connectivity index (χ4n) is 3.01. The van der Waals surface area contributed by atoms with Gasteiger partial charge in [0.05, 0.1) is 0 Å². The molecule has 1 aromatic carbocycles. The molecular formula is C18H30O2. The predicted octanol–water partition coefficient (Wildman–Crippen LogP) is 5.11. The quantitative estimate of drug-likeness (QED) is 0.738. The Bertz CT molecular complexity index is 485. The van der Waals surface area contributed by atoms with Gasteiger partial charge in [0.15, 0.2) is 11.5 Å². The van der Waals surface area contributed by atoms with Crippen molar-refractivity contribution < 1.29 is 10.2 Å². The summed E-state index contributed by atoms with van der Waals surface area (Å²) < 4.78 is 0. The maximum Gasteiger partial charge on any atom is 0.161 e. The molecule has 0 aliphatic heterocycles. The number of hydrogen-bond donors (Lipinski definition) is 2. The van der Waals surface area contributed by atoms with Gasteiger partial charge in [0.2, 0.25) is 0 Å². The molecule has 20 heavy (non-hydrogen) atoms. The van der Waals surface area contributed by atoms with E-state index in [1.54, 1.807) is 6.07 Å². The van der Waals surface area contributed by atoms with Crippen LogP contribution in [0.5, 0.6) is 11.5 Å². The van der Waals surface area contributed by atoms with Gasteiger partial charge in [0.1, 0.15) is 0 Å². The van der Waals surface area contributed by atoms with E-state index in [9.17, 15) is 10.2 Å². The van der Waals surface area contributed by atoms with Gasteiger partial charge in [-0.3, -0.25) is 0 Å². The number of phenols is 2. The van der Waals surface area contributed by atoms with Crippen molar-refractivity contribution in [2.24, 2.45) is 5.41 Å². The van der Waals surface area contributed by atoms with Crippen LogP contribution >= 0.6 is 0 Å². The molecule has 0 heterocycles. The number of hydrogen-bond acceptors (Lipinski definition) is 2. The minimum absolute atomic E-state index is 0.00723. The zero-order valence-electron chi connectivity index (χ0n) is 14.3. The molecule has 0 saturated heterocycles. The summed E-state index contributed by atoms with van der Waals surface area (Å²) >= 11 is 0. The molecular weight excluding hydrogens is 248 g/mol. The molecule has 0 atom stereocenters. The lowest BCUT2D eigenvalue weighted by molar-refractivity contribution is 0.282. The Hall–Kier alpha value is -1.18. The molecule has 0 aromatic heterocycles. The van der Waals surface area contributed by atoms with Crippen LogP contribution in [-0.4, -0.2) is 10.2 Å². The molecule has 0 saturated carbocycles. The van der Waals surface area contributed by atoms with E-state index in [2.05, 4.69) is 34.6 Å². The van der Waals surface area contributed by atoms with Crippen LogP contribution < -0.4 is 0 Å². The molecule has 0 aliphatic carbocycles.